The van der Waals surface area contributed by atoms with Crippen LogP contribution in [0, 0.1) is 0 Å². The van der Waals surface area contributed by atoms with E-state index in [1.165, 1.54) is 13.2 Å². The van der Waals surface area contributed by atoms with Crippen molar-refractivity contribution in [1.29, 1.82) is 0 Å². The monoisotopic (exact) mass is 483 g/mol. The van der Waals surface area contributed by atoms with Gasteiger partial charge in [0, 0.05) is 29.2 Å². The number of hydrogen-bond acceptors (Lipinski definition) is 3. The SMILES string of the molecule is COc1ccc(/C=C/C(=O)c2cccc(-n3cccc3)c2)cc1Cn1nc(C(F)F)cc1C(F)F. The summed E-state index contributed by atoms with van der Waals surface area (Å²) >= 11 is 0. The number of hydrogen-bond donors (Lipinski definition) is 0. The van der Waals surface area contributed by atoms with Crippen molar-refractivity contribution in [3.63, 3.8) is 0 Å². The molecule has 2 aromatic carbocycles. The molecule has 2 heterocycles. The number of carbonyl (C=O) groups is 1. The Morgan fingerprint density at radius 2 is 1.77 bits per heavy atom. The number of nitrogens with zero attached hydrogens (tertiary/aromatic N) is 3. The van der Waals surface area contributed by atoms with E-state index in [4.69, 9.17) is 4.74 Å². The summed E-state index contributed by atoms with van der Waals surface area (Å²) in [6, 6.07) is 16.6. The van der Waals surface area contributed by atoms with Crippen LogP contribution in [-0.2, 0) is 6.54 Å². The van der Waals surface area contributed by atoms with Gasteiger partial charge in [0.2, 0.25) is 0 Å². The summed E-state index contributed by atoms with van der Waals surface area (Å²) in [5, 5.41) is 3.63. The van der Waals surface area contributed by atoms with E-state index in [0.717, 1.165) is 10.4 Å². The number of rotatable bonds is 9. The molecule has 0 radical (unpaired) electrons. The molecule has 5 nitrogen and oxygen atoms in total. The zero-order valence-corrected chi connectivity index (χ0v) is 18.6. The van der Waals surface area contributed by atoms with Crippen molar-refractivity contribution < 1.29 is 27.1 Å². The number of methoxy groups -OCH3 is 1. The molecule has 0 fully saturated rings. The molecule has 4 aromatic rings. The van der Waals surface area contributed by atoms with Gasteiger partial charge in [-0.15, -0.1) is 0 Å². The van der Waals surface area contributed by atoms with Crippen molar-refractivity contribution in [2.75, 3.05) is 7.11 Å². The van der Waals surface area contributed by atoms with Crippen LogP contribution in [0.15, 0.2) is 79.1 Å². The minimum Gasteiger partial charge on any atom is -0.496 e. The smallest absolute Gasteiger partial charge is 0.282 e. The number of halogens is 4. The summed E-state index contributed by atoms with van der Waals surface area (Å²) in [5.74, 6) is 0.159. The molecule has 4 rings (SSSR count). The molecule has 0 saturated heterocycles. The van der Waals surface area contributed by atoms with Crippen LogP contribution in [0.3, 0.4) is 0 Å². The van der Waals surface area contributed by atoms with E-state index >= 15 is 0 Å². The molecule has 0 aliphatic carbocycles. The Morgan fingerprint density at radius 3 is 2.46 bits per heavy atom. The summed E-state index contributed by atoms with van der Waals surface area (Å²) in [6.45, 7) is -0.204. The highest BCUT2D eigenvalue weighted by Crippen LogP contribution is 2.28. The quantitative estimate of drug-likeness (QED) is 0.155. The molecule has 0 amide bonds. The van der Waals surface area contributed by atoms with Gasteiger partial charge in [0.05, 0.1) is 13.7 Å². The van der Waals surface area contributed by atoms with Gasteiger partial charge in [-0.25, -0.2) is 17.6 Å². The van der Waals surface area contributed by atoms with Gasteiger partial charge in [0.25, 0.3) is 12.9 Å². The van der Waals surface area contributed by atoms with E-state index in [1.54, 1.807) is 42.5 Å². The minimum absolute atomic E-state index is 0.204. The fraction of sp³-hybridized carbons (Fsp3) is 0.154. The van der Waals surface area contributed by atoms with Crippen molar-refractivity contribution in [2.24, 2.45) is 0 Å². The van der Waals surface area contributed by atoms with E-state index in [2.05, 4.69) is 5.10 Å². The first kappa shape index (κ1) is 24.0. The molecule has 2 aromatic heterocycles. The van der Waals surface area contributed by atoms with E-state index in [9.17, 15) is 22.4 Å². The van der Waals surface area contributed by atoms with Crippen LogP contribution in [0.2, 0.25) is 0 Å². The van der Waals surface area contributed by atoms with Gasteiger partial charge in [0.15, 0.2) is 5.78 Å². The first-order chi connectivity index (χ1) is 16.9. The van der Waals surface area contributed by atoms with Gasteiger partial charge in [-0.3, -0.25) is 9.48 Å². The largest absolute Gasteiger partial charge is 0.496 e. The molecular formula is C26H21F4N3O2. The highest BCUT2D eigenvalue weighted by atomic mass is 19.3. The highest BCUT2D eigenvalue weighted by Gasteiger charge is 2.22. The molecule has 0 spiro atoms. The maximum absolute atomic E-state index is 13.4. The first-order valence-electron chi connectivity index (χ1n) is 10.6. The lowest BCUT2D eigenvalue weighted by atomic mass is 10.1. The van der Waals surface area contributed by atoms with Crippen LogP contribution in [0.1, 0.15) is 45.7 Å². The lowest BCUT2D eigenvalue weighted by molar-refractivity contribution is 0.104. The molecule has 0 unspecified atom stereocenters. The summed E-state index contributed by atoms with van der Waals surface area (Å²) in [7, 11) is 1.41. The molecule has 35 heavy (non-hydrogen) atoms. The van der Waals surface area contributed by atoms with Crippen molar-refractivity contribution in [3.05, 3.63) is 107 Å². The van der Waals surface area contributed by atoms with Gasteiger partial charge in [0.1, 0.15) is 17.1 Å². The second-order valence-electron chi connectivity index (χ2n) is 7.66. The van der Waals surface area contributed by atoms with Crippen LogP contribution >= 0.6 is 0 Å². The van der Waals surface area contributed by atoms with Crippen molar-refractivity contribution in [1.82, 2.24) is 14.3 Å². The zero-order valence-electron chi connectivity index (χ0n) is 18.6. The summed E-state index contributed by atoms with van der Waals surface area (Å²) in [5.41, 5.74) is 1.07. The third kappa shape index (κ3) is 5.51. The lowest BCUT2D eigenvalue weighted by Gasteiger charge is -2.12. The summed E-state index contributed by atoms with van der Waals surface area (Å²) in [4.78, 5) is 12.7. The maximum atomic E-state index is 13.4. The van der Waals surface area contributed by atoms with E-state index < -0.39 is 24.2 Å². The normalized spacial score (nSPS) is 11.6. The number of carbonyl (C=O) groups excluding carboxylic acids is 1. The topological polar surface area (TPSA) is 49.0 Å². The Kier molecular flexibility index (Phi) is 7.14. The number of ketones is 1. The number of alkyl halides is 4. The molecule has 180 valence electrons. The van der Waals surface area contributed by atoms with Gasteiger partial charge in [-0.05, 0) is 54.1 Å². The standard InChI is InChI=1S/C26H21F4N3O2/c1-35-24-10-8-17(13-19(24)16-33-22(26(29)30)15-21(31-33)25(27)28)7-9-23(34)18-5-4-6-20(14-18)32-11-2-3-12-32/h2-15,25-26H,16H2,1H3/b9-7+. The van der Waals surface area contributed by atoms with Crippen LogP contribution in [0.25, 0.3) is 11.8 Å². The predicted molar refractivity (Wildman–Crippen MR) is 123 cm³/mol. The summed E-state index contributed by atoms with van der Waals surface area (Å²) < 4.78 is 60.8. The first-order valence-corrected chi connectivity index (χ1v) is 10.6. The van der Waals surface area contributed by atoms with E-state index in [1.807, 2.05) is 35.2 Å². The van der Waals surface area contributed by atoms with Crippen LogP contribution in [0.5, 0.6) is 5.75 Å². The summed E-state index contributed by atoms with van der Waals surface area (Å²) in [6.07, 6.45) is 0.822. The van der Waals surface area contributed by atoms with Crippen molar-refractivity contribution >= 4 is 11.9 Å². The van der Waals surface area contributed by atoms with Crippen molar-refractivity contribution in [3.8, 4) is 11.4 Å². The Balaban J connectivity index is 1.58. The second kappa shape index (κ2) is 10.4. The fourth-order valence-electron chi connectivity index (χ4n) is 3.64. The Bertz CT molecular complexity index is 1340. The Morgan fingerprint density at radius 1 is 1.00 bits per heavy atom. The molecule has 0 N–H and O–H groups in total. The van der Waals surface area contributed by atoms with Gasteiger partial charge in [-0.2, -0.15) is 5.10 Å². The zero-order chi connectivity index (χ0) is 24.9. The molecule has 0 aliphatic heterocycles. The average molecular weight is 483 g/mol. The van der Waals surface area contributed by atoms with Crippen molar-refractivity contribution in [2.45, 2.75) is 19.4 Å². The Labute approximate surface area is 198 Å². The minimum atomic E-state index is -2.97. The second-order valence-corrected chi connectivity index (χ2v) is 7.66. The number of aromatic nitrogens is 3. The van der Waals surface area contributed by atoms with Gasteiger partial charge >= 0.3 is 0 Å². The van der Waals surface area contributed by atoms with Gasteiger partial charge in [-0.1, -0.05) is 24.3 Å². The molecule has 0 saturated carbocycles. The fourth-order valence-corrected chi connectivity index (χ4v) is 3.64. The number of ether oxygens (including phenoxy) is 1. The number of benzene rings is 2. The van der Waals surface area contributed by atoms with E-state index in [0.29, 0.717) is 28.5 Å². The average Bonchev–Trinajstić information content (AvgIpc) is 3.53. The predicted octanol–water partition coefficient (Wildman–Crippen LogP) is 6.50. The van der Waals surface area contributed by atoms with Crippen LogP contribution in [-0.4, -0.2) is 27.2 Å². The van der Waals surface area contributed by atoms with Crippen LogP contribution in [0.4, 0.5) is 17.6 Å². The van der Waals surface area contributed by atoms with Crippen LogP contribution < -0.4 is 4.74 Å². The van der Waals surface area contributed by atoms with E-state index in [-0.39, 0.29) is 12.3 Å². The Hall–Kier alpha value is -4.14. The molecule has 9 heteroatoms. The number of allylic oxidation sites excluding steroid dienone is 1. The van der Waals surface area contributed by atoms with Gasteiger partial charge < -0.3 is 9.30 Å². The third-order valence-electron chi connectivity index (χ3n) is 5.36. The molecule has 0 bridgehead atoms. The lowest BCUT2D eigenvalue weighted by Crippen LogP contribution is -2.08. The molecule has 0 aliphatic rings. The highest BCUT2D eigenvalue weighted by molar-refractivity contribution is 6.07. The molecular weight excluding hydrogens is 462 g/mol. The molecule has 0 atom stereocenters. The third-order valence-corrected chi connectivity index (χ3v) is 5.36. The maximum Gasteiger partial charge on any atom is 0.282 e.